The van der Waals surface area contributed by atoms with Crippen molar-refractivity contribution in [2.45, 2.75) is 19.0 Å². The summed E-state index contributed by atoms with van der Waals surface area (Å²) in [6, 6.07) is 6.74. The standard InChI is InChI=1S/C17H12Cl2F2N2O2/c1-17(11-7-10(20)3-5-14(11)21)15(24)23(16(25)22-17)8-9-2-4-12(18)13(19)6-9/h2-7H,8H2,1H3,(H,22,25). The highest BCUT2D eigenvalue weighted by Gasteiger charge is 2.50. The lowest BCUT2D eigenvalue weighted by Gasteiger charge is -2.23. The molecule has 1 aliphatic heterocycles. The van der Waals surface area contributed by atoms with Gasteiger partial charge in [0, 0.05) is 5.56 Å². The van der Waals surface area contributed by atoms with Crippen molar-refractivity contribution in [2.24, 2.45) is 0 Å². The van der Waals surface area contributed by atoms with Gasteiger partial charge in [0.15, 0.2) is 0 Å². The number of nitrogens with one attached hydrogen (secondary N) is 1. The van der Waals surface area contributed by atoms with E-state index < -0.39 is 29.1 Å². The van der Waals surface area contributed by atoms with Crippen molar-refractivity contribution < 1.29 is 18.4 Å². The summed E-state index contributed by atoms with van der Waals surface area (Å²) in [5.74, 6) is -2.18. The normalized spacial score (nSPS) is 20.1. The van der Waals surface area contributed by atoms with Gasteiger partial charge >= 0.3 is 6.03 Å². The van der Waals surface area contributed by atoms with Crippen LogP contribution in [0, 0.1) is 11.6 Å². The fraction of sp³-hybridized carbons (Fsp3) is 0.176. The second-order valence-corrected chi connectivity index (χ2v) is 6.63. The summed E-state index contributed by atoms with van der Waals surface area (Å²) in [6.07, 6.45) is 0. The van der Waals surface area contributed by atoms with Gasteiger partial charge in [-0.3, -0.25) is 9.69 Å². The molecule has 0 spiro atoms. The smallest absolute Gasteiger partial charge is 0.319 e. The first kappa shape index (κ1) is 17.6. The number of carbonyl (C=O) groups is 2. The van der Waals surface area contributed by atoms with Crippen LogP contribution in [-0.2, 0) is 16.9 Å². The molecular weight excluding hydrogens is 373 g/mol. The quantitative estimate of drug-likeness (QED) is 0.804. The Morgan fingerprint density at radius 3 is 2.48 bits per heavy atom. The van der Waals surface area contributed by atoms with E-state index in [4.69, 9.17) is 23.2 Å². The lowest BCUT2D eigenvalue weighted by atomic mass is 9.91. The molecule has 1 fully saturated rings. The lowest BCUT2D eigenvalue weighted by molar-refractivity contribution is -0.131. The number of halogens is 4. The van der Waals surface area contributed by atoms with Crippen molar-refractivity contribution in [2.75, 3.05) is 0 Å². The van der Waals surface area contributed by atoms with Crippen LogP contribution in [0.2, 0.25) is 10.0 Å². The summed E-state index contributed by atoms with van der Waals surface area (Å²) in [4.78, 5) is 25.9. The Kier molecular flexibility index (Phi) is 4.43. The van der Waals surface area contributed by atoms with E-state index in [0.717, 1.165) is 23.1 Å². The first-order chi connectivity index (χ1) is 11.7. The van der Waals surface area contributed by atoms with Crippen LogP contribution in [-0.4, -0.2) is 16.8 Å². The van der Waals surface area contributed by atoms with E-state index in [9.17, 15) is 18.4 Å². The van der Waals surface area contributed by atoms with Crippen LogP contribution in [0.25, 0.3) is 0 Å². The third-order valence-corrected chi connectivity index (χ3v) is 4.81. The zero-order valence-corrected chi connectivity index (χ0v) is 14.5. The number of nitrogens with zero attached hydrogens (tertiary/aromatic N) is 1. The minimum Gasteiger partial charge on any atom is -0.319 e. The van der Waals surface area contributed by atoms with Gasteiger partial charge in [-0.05, 0) is 42.8 Å². The van der Waals surface area contributed by atoms with Crippen LogP contribution in [0.1, 0.15) is 18.1 Å². The van der Waals surface area contributed by atoms with Crippen LogP contribution < -0.4 is 5.32 Å². The zero-order chi connectivity index (χ0) is 18.4. The van der Waals surface area contributed by atoms with Gasteiger partial charge < -0.3 is 5.32 Å². The molecule has 1 saturated heterocycles. The Bertz CT molecular complexity index is 891. The van der Waals surface area contributed by atoms with Crippen molar-refractivity contribution in [1.82, 2.24) is 10.2 Å². The summed E-state index contributed by atoms with van der Waals surface area (Å²) < 4.78 is 27.6. The predicted octanol–water partition coefficient (Wildman–Crippen LogP) is 4.24. The summed E-state index contributed by atoms with van der Waals surface area (Å²) in [5.41, 5.74) is -1.36. The molecule has 130 valence electrons. The molecule has 4 nitrogen and oxygen atoms in total. The molecule has 3 rings (SSSR count). The maximum Gasteiger partial charge on any atom is 0.325 e. The number of imide groups is 1. The number of carbonyl (C=O) groups excluding carboxylic acids is 2. The number of hydrogen-bond acceptors (Lipinski definition) is 2. The third kappa shape index (κ3) is 3.07. The number of benzene rings is 2. The minimum absolute atomic E-state index is 0.0753. The van der Waals surface area contributed by atoms with E-state index in [1.165, 1.54) is 13.0 Å². The number of amides is 3. The molecule has 0 bridgehead atoms. The summed E-state index contributed by atoms with van der Waals surface area (Å²) >= 11 is 11.8. The Hall–Kier alpha value is -2.18. The second kappa shape index (κ2) is 6.28. The molecule has 25 heavy (non-hydrogen) atoms. The maximum absolute atomic E-state index is 14.1. The fourth-order valence-corrected chi connectivity index (χ4v) is 3.05. The average Bonchev–Trinajstić information content (AvgIpc) is 2.77. The molecule has 1 heterocycles. The van der Waals surface area contributed by atoms with Crippen LogP contribution >= 0.6 is 23.2 Å². The topological polar surface area (TPSA) is 49.4 Å². The second-order valence-electron chi connectivity index (χ2n) is 5.82. The minimum atomic E-state index is -1.69. The summed E-state index contributed by atoms with van der Waals surface area (Å²) in [5, 5.41) is 3.06. The van der Waals surface area contributed by atoms with Crippen molar-refractivity contribution >= 4 is 35.1 Å². The largest absolute Gasteiger partial charge is 0.325 e. The van der Waals surface area contributed by atoms with E-state index in [-0.39, 0.29) is 17.1 Å². The third-order valence-electron chi connectivity index (χ3n) is 4.07. The molecule has 1 atom stereocenters. The number of rotatable bonds is 3. The van der Waals surface area contributed by atoms with Gasteiger partial charge in [-0.2, -0.15) is 0 Å². The Labute approximate surface area is 152 Å². The van der Waals surface area contributed by atoms with Crippen molar-refractivity contribution in [1.29, 1.82) is 0 Å². The van der Waals surface area contributed by atoms with Crippen LogP contribution in [0.4, 0.5) is 13.6 Å². The van der Waals surface area contributed by atoms with E-state index in [1.54, 1.807) is 12.1 Å². The van der Waals surface area contributed by atoms with E-state index >= 15 is 0 Å². The molecule has 3 amide bonds. The van der Waals surface area contributed by atoms with E-state index in [2.05, 4.69) is 5.32 Å². The molecule has 2 aromatic rings. The number of urea groups is 1. The zero-order valence-electron chi connectivity index (χ0n) is 12.9. The maximum atomic E-state index is 14.1. The van der Waals surface area contributed by atoms with Crippen molar-refractivity contribution in [3.05, 3.63) is 69.2 Å². The molecule has 0 aromatic heterocycles. The highest BCUT2D eigenvalue weighted by Crippen LogP contribution is 2.32. The Balaban J connectivity index is 1.94. The van der Waals surface area contributed by atoms with Crippen LogP contribution in [0.3, 0.4) is 0 Å². The van der Waals surface area contributed by atoms with Gasteiger partial charge in [-0.25, -0.2) is 13.6 Å². The Morgan fingerprint density at radius 2 is 1.80 bits per heavy atom. The van der Waals surface area contributed by atoms with Gasteiger partial charge in [0.1, 0.15) is 17.2 Å². The monoisotopic (exact) mass is 384 g/mol. The average molecular weight is 385 g/mol. The molecule has 1 aliphatic rings. The molecular formula is C17H12Cl2F2N2O2. The molecule has 8 heteroatoms. The van der Waals surface area contributed by atoms with Gasteiger partial charge in [0.2, 0.25) is 0 Å². The van der Waals surface area contributed by atoms with Gasteiger partial charge in [0.05, 0.1) is 16.6 Å². The SMILES string of the molecule is CC1(c2cc(F)ccc2F)NC(=O)N(Cc2ccc(Cl)c(Cl)c2)C1=O. The molecule has 1 N–H and O–H groups in total. The van der Waals surface area contributed by atoms with Gasteiger partial charge in [-0.1, -0.05) is 29.3 Å². The van der Waals surface area contributed by atoms with Gasteiger partial charge in [-0.15, -0.1) is 0 Å². The highest BCUT2D eigenvalue weighted by molar-refractivity contribution is 6.42. The van der Waals surface area contributed by atoms with E-state index in [0.29, 0.717) is 10.6 Å². The fourth-order valence-electron chi connectivity index (χ4n) is 2.72. The van der Waals surface area contributed by atoms with Crippen molar-refractivity contribution in [3.8, 4) is 0 Å². The summed E-state index contributed by atoms with van der Waals surface area (Å²) in [6.45, 7) is 1.26. The first-order valence-corrected chi connectivity index (χ1v) is 8.01. The van der Waals surface area contributed by atoms with E-state index in [1.807, 2.05) is 0 Å². The Morgan fingerprint density at radius 1 is 1.08 bits per heavy atom. The number of hydrogen-bond donors (Lipinski definition) is 1. The van der Waals surface area contributed by atoms with Gasteiger partial charge in [0.25, 0.3) is 5.91 Å². The first-order valence-electron chi connectivity index (χ1n) is 7.26. The molecule has 0 saturated carbocycles. The summed E-state index contributed by atoms with van der Waals surface area (Å²) in [7, 11) is 0. The molecule has 2 aromatic carbocycles. The predicted molar refractivity (Wildman–Crippen MR) is 89.3 cm³/mol. The molecule has 1 unspecified atom stereocenters. The van der Waals surface area contributed by atoms with Crippen LogP contribution in [0.5, 0.6) is 0 Å². The molecule has 0 aliphatic carbocycles. The highest BCUT2D eigenvalue weighted by atomic mass is 35.5. The molecule has 0 radical (unpaired) electrons. The van der Waals surface area contributed by atoms with Crippen LogP contribution in [0.15, 0.2) is 36.4 Å². The van der Waals surface area contributed by atoms with Crippen molar-refractivity contribution in [3.63, 3.8) is 0 Å². The lowest BCUT2D eigenvalue weighted by Crippen LogP contribution is -2.41.